The van der Waals surface area contributed by atoms with Crippen molar-refractivity contribution in [3.8, 4) is 5.69 Å². The van der Waals surface area contributed by atoms with Crippen LogP contribution in [0.3, 0.4) is 0 Å². The highest BCUT2D eigenvalue weighted by molar-refractivity contribution is 6.35. The normalized spacial score (nSPS) is 10.5. The topological polar surface area (TPSA) is 70.1 Å². The Labute approximate surface area is 119 Å². The van der Waals surface area contributed by atoms with Crippen LogP contribution in [0.4, 0.5) is 5.82 Å². The first-order valence-corrected chi connectivity index (χ1v) is 6.10. The molecule has 0 unspecified atom stereocenters. The van der Waals surface area contributed by atoms with Gasteiger partial charge in [-0.1, -0.05) is 23.2 Å². The minimum atomic E-state index is -0.593. The molecule has 2 N–H and O–H groups in total. The molecule has 0 radical (unpaired) electrons. The van der Waals surface area contributed by atoms with Crippen LogP contribution >= 0.6 is 23.2 Å². The summed E-state index contributed by atoms with van der Waals surface area (Å²) in [6, 6.07) is 4.98. The predicted octanol–water partition coefficient (Wildman–Crippen LogP) is 2.86. The molecule has 0 aliphatic heterocycles. The molecule has 0 amide bonds. The van der Waals surface area contributed by atoms with Gasteiger partial charge >= 0.3 is 5.97 Å². The molecule has 7 heteroatoms. The molecular formula is C12H11Cl2N3O2. The molecule has 19 heavy (non-hydrogen) atoms. The van der Waals surface area contributed by atoms with E-state index in [0.717, 1.165) is 0 Å². The summed E-state index contributed by atoms with van der Waals surface area (Å²) in [5.41, 5.74) is 6.59. The maximum Gasteiger partial charge on any atom is 0.360 e. The van der Waals surface area contributed by atoms with Crippen molar-refractivity contribution >= 4 is 35.0 Å². The van der Waals surface area contributed by atoms with Crippen molar-refractivity contribution in [2.75, 3.05) is 12.8 Å². The van der Waals surface area contributed by atoms with Gasteiger partial charge in [-0.15, -0.1) is 0 Å². The standard InChI is InChI=1S/C12H11Cl2N3O2/c1-6-16-10(12(18)19-2)11(15)17(6)9-4-3-7(13)5-8(9)14/h3-5H,15H2,1-2H3. The third kappa shape index (κ3) is 2.39. The second-order valence-corrected chi connectivity index (χ2v) is 4.66. The lowest BCUT2D eigenvalue weighted by Gasteiger charge is -2.10. The van der Waals surface area contributed by atoms with Gasteiger partial charge in [0.1, 0.15) is 11.6 Å². The first-order chi connectivity index (χ1) is 8.95. The van der Waals surface area contributed by atoms with Crippen LogP contribution in [0.25, 0.3) is 5.69 Å². The van der Waals surface area contributed by atoms with Crippen molar-refractivity contribution in [3.63, 3.8) is 0 Å². The van der Waals surface area contributed by atoms with Crippen LogP contribution in [0.2, 0.25) is 10.0 Å². The summed E-state index contributed by atoms with van der Waals surface area (Å²) in [6.45, 7) is 1.72. The molecule has 0 aliphatic rings. The molecule has 2 rings (SSSR count). The molecule has 1 heterocycles. The van der Waals surface area contributed by atoms with E-state index in [1.807, 2.05) is 0 Å². The molecular weight excluding hydrogens is 289 g/mol. The van der Waals surface area contributed by atoms with Gasteiger partial charge in [0, 0.05) is 5.02 Å². The number of carbonyl (C=O) groups is 1. The summed E-state index contributed by atoms with van der Waals surface area (Å²) in [4.78, 5) is 15.6. The molecule has 2 aromatic rings. The summed E-state index contributed by atoms with van der Waals surface area (Å²) in [6.07, 6.45) is 0. The van der Waals surface area contributed by atoms with Crippen molar-refractivity contribution in [2.24, 2.45) is 0 Å². The lowest BCUT2D eigenvalue weighted by Crippen LogP contribution is -2.08. The number of imidazole rings is 1. The third-order valence-corrected chi connectivity index (χ3v) is 3.15. The van der Waals surface area contributed by atoms with Gasteiger partial charge in [-0.2, -0.15) is 0 Å². The van der Waals surface area contributed by atoms with E-state index in [1.54, 1.807) is 29.7 Å². The number of nitrogens with two attached hydrogens (primary N) is 1. The number of benzene rings is 1. The van der Waals surface area contributed by atoms with Crippen molar-refractivity contribution in [1.29, 1.82) is 0 Å². The monoisotopic (exact) mass is 299 g/mol. The smallest absolute Gasteiger partial charge is 0.360 e. The largest absolute Gasteiger partial charge is 0.464 e. The molecule has 0 atom stereocenters. The number of esters is 1. The van der Waals surface area contributed by atoms with Gasteiger partial charge < -0.3 is 10.5 Å². The van der Waals surface area contributed by atoms with Crippen molar-refractivity contribution in [1.82, 2.24) is 9.55 Å². The number of halogens is 2. The molecule has 1 aromatic heterocycles. The van der Waals surface area contributed by atoms with Crippen molar-refractivity contribution < 1.29 is 9.53 Å². The number of hydrogen-bond donors (Lipinski definition) is 1. The van der Waals surface area contributed by atoms with Crippen LogP contribution in [0.5, 0.6) is 0 Å². The molecule has 0 spiro atoms. The van der Waals surface area contributed by atoms with Crippen LogP contribution in [-0.4, -0.2) is 22.6 Å². The van der Waals surface area contributed by atoms with Crippen LogP contribution in [-0.2, 0) is 4.74 Å². The SMILES string of the molecule is COC(=O)c1nc(C)n(-c2ccc(Cl)cc2Cl)c1N. The number of anilines is 1. The number of aryl methyl sites for hydroxylation is 1. The summed E-state index contributed by atoms with van der Waals surface area (Å²) in [5.74, 6) is 0.111. The number of hydrogen-bond acceptors (Lipinski definition) is 4. The zero-order valence-corrected chi connectivity index (χ0v) is 11.8. The second kappa shape index (κ2) is 5.11. The summed E-state index contributed by atoms with van der Waals surface area (Å²) in [5, 5.41) is 0.925. The van der Waals surface area contributed by atoms with E-state index in [1.165, 1.54) is 7.11 Å². The van der Waals surface area contributed by atoms with Crippen LogP contribution in [0.15, 0.2) is 18.2 Å². The van der Waals surface area contributed by atoms with E-state index in [9.17, 15) is 4.79 Å². The lowest BCUT2D eigenvalue weighted by molar-refractivity contribution is 0.0596. The zero-order chi connectivity index (χ0) is 14.2. The molecule has 0 saturated carbocycles. The van der Waals surface area contributed by atoms with E-state index in [4.69, 9.17) is 28.9 Å². The highest BCUT2D eigenvalue weighted by Gasteiger charge is 2.21. The maximum absolute atomic E-state index is 11.5. The van der Waals surface area contributed by atoms with Gasteiger partial charge in [0.05, 0.1) is 17.8 Å². The minimum Gasteiger partial charge on any atom is -0.464 e. The zero-order valence-electron chi connectivity index (χ0n) is 10.3. The Morgan fingerprint density at radius 3 is 2.68 bits per heavy atom. The Morgan fingerprint density at radius 2 is 2.11 bits per heavy atom. The Hall–Kier alpha value is -1.72. The molecule has 0 saturated heterocycles. The van der Waals surface area contributed by atoms with E-state index in [2.05, 4.69) is 9.72 Å². The number of nitrogen functional groups attached to an aromatic ring is 1. The Balaban J connectivity index is 2.63. The predicted molar refractivity (Wildman–Crippen MR) is 74.1 cm³/mol. The molecule has 5 nitrogen and oxygen atoms in total. The first kappa shape index (κ1) is 13.7. The maximum atomic E-state index is 11.5. The van der Waals surface area contributed by atoms with E-state index < -0.39 is 5.97 Å². The molecule has 0 fully saturated rings. The minimum absolute atomic E-state index is 0.0611. The van der Waals surface area contributed by atoms with Crippen LogP contribution < -0.4 is 5.73 Å². The van der Waals surface area contributed by atoms with Gasteiger partial charge in [0.2, 0.25) is 0 Å². The summed E-state index contributed by atoms with van der Waals surface area (Å²) >= 11 is 12.0. The van der Waals surface area contributed by atoms with Gasteiger partial charge in [-0.05, 0) is 25.1 Å². The fraction of sp³-hybridized carbons (Fsp3) is 0.167. The van der Waals surface area contributed by atoms with E-state index >= 15 is 0 Å². The van der Waals surface area contributed by atoms with Crippen molar-refractivity contribution in [3.05, 3.63) is 39.8 Å². The second-order valence-electron chi connectivity index (χ2n) is 3.82. The number of carbonyl (C=O) groups excluding carboxylic acids is 1. The van der Waals surface area contributed by atoms with E-state index in [0.29, 0.717) is 21.6 Å². The fourth-order valence-electron chi connectivity index (χ4n) is 1.76. The number of methoxy groups -OCH3 is 1. The number of nitrogens with zero attached hydrogens (tertiary/aromatic N) is 2. The Morgan fingerprint density at radius 1 is 1.42 bits per heavy atom. The Kier molecular flexibility index (Phi) is 3.68. The average molecular weight is 300 g/mol. The highest BCUT2D eigenvalue weighted by atomic mass is 35.5. The van der Waals surface area contributed by atoms with Crippen LogP contribution in [0, 0.1) is 6.92 Å². The number of aromatic nitrogens is 2. The quantitative estimate of drug-likeness (QED) is 0.866. The van der Waals surface area contributed by atoms with Gasteiger partial charge in [-0.25, -0.2) is 9.78 Å². The molecule has 0 aliphatic carbocycles. The molecule has 100 valence electrons. The number of ether oxygens (including phenoxy) is 1. The fourth-order valence-corrected chi connectivity index (χ4v) is 2.26. The van der Waals surface area contributed by atoms with E-state index in [-0.39, 0.29) is 11.5 Å². The van der Waals surface area contributed by atoms with Crippen molar-refractivity contribution in [2.45, 2.75) is 6.92 Å². The first-order valence-electron chi connectivity index (χ1n) is 5.34. The van der Waals surface area contributed by atoms with Gasteiger partial charge in [-0.3, -0.25) is 4.57 Å². The average Bonchev–Trinajstić information content (AvgIpc) is 2.65. The van der Waals surface area contributed by atoms with Crippen LogP contribution in [0.1, 0.15) is 16.3 Å². The van der Waals surface area contributed by atoms with Gasteiger partial charge in [0.25, 0.3) is 0 Å². The van der Waals surface area contributed by atoms with Gasteiger partial charge in [0.15, 0.2) is 5.69 Å². The number of rotatable bonds is 2. The highest BCUT2D eigenvalue weighted by Crippen LogP contribution is 2.29. The Bertz CT molecular complexity index is 653. The molecule has 0 bridgehead atoms. The molecule has 1 aromatic carbocycles. The summed E-state index contributed by atoms with van der Waals surface area (Å²) in [7, 11) is 1.27. The third-order valence-electron chi connectivity index (χ3n) is 2.61. The lowest BCUT2D eigenvalue weighted by atomic mass is 10.3. The summed E-state index contributed by atoms with van der Waals surface area (Å²) < 4.78 is 6.20.